The summed E-state index contributed by atoms with van der Waals surface area (Å²) >= 11 is 3.43. The summed E-state index contributed by atoms with van der Waals surface area (Å²) in [6.07, 6.45) is 0. The van der Waals surface area contributed by atoms with Gasteiger partial charge in [-0.15, -0.1) is 11.3 Å². The molecule has 1 heterocycles. The molecule has 0 unspecified atom stereocenters. The summed E-state index contributed by atoms with van der Waals surface area (Å²) in [7, 11) is 0. The lowest BCUT2D eigenvalue weighted by Gasteiger charge is -2.06. The summed E-state index contributed by atoms with van der Waals surface area (Å²) in [5, 5.41) is 0. The second-order valence-corrected chi connectivity index (χ2v) is 6.68. The van der Waals surface area contributed by atoms with E-state index < -0.39 is 0 Å². The molecule has 0 saturated carbocycles. The molecule has 3 rings (SSSR count). The molecule has 0 aliphatic carbocycles. The first-order chi connectivity index (χ1) is 9.26. The minimum Gasteiger partial charge on any atom is -0.326 e. The van der Waals surface area contributed by atoms with Crippen LogP contribution in [-0.2, 0) is 6.54 Å². The van der Waals surface area contributed by atoms with Crippen LogP contribution < -0.4 is 5.73 Å². The van der Waals surface area contributed by atoms with Crippen LogP contribution in [0.25, 0.3) is 10.2 Å². The highest BCUT2D eigenvalue weighted by atomic mass is 32.2. The average molecular weight is 286 g/mol. The van der Waals surface area contributed by atoms with Gasteiger partial charge in [0.25, 0.3) is 0 Å². The molecular weight excluding hydrogens is 272 g/mol. The highest BCUT2D eigenvalue weighted by Gasteiger charge is 2.08. The summed E-state index contributed by atoms with van der Waals surface area (Å²) in [6, 6.07) is 14.6. The Morgan fingerprint density at radius 1 is 1.21 bits per heavy atom. The number of benzene rings is 2. The van der Waals surface area contributed by atoms with Gasteiger partial charge >= 0.3 is 0 Å². The molecule has 0 atom stereocenters. The van der Waals surface area contributed by atoms with E-state index in [1.807, 2.05) is 12.1 Å². The Balaban J connectivity index is 1.98. The van der Waals surface area contributed by atoms with Gasteiger partial charge in [0.15, 0.2) is 4.34 Å². The fraction of sp³-hybridized carbons (Fsp3) is 0.133. The Morgan fingerprint density at radius 3 is 2.84 bits per heavy atom. The predicted molar refractivity (Wildman–Crippen MR) is 82.8 cm³/mol. The average Bonchev–Trinajstić information content (AvgIpc) is 2.81. The molecule has 19 heavy (non-hydrogen) atoms. The van der Waals surface area contributed by atoms with Crippen molar-refractivity contribution in [2.24, 2.45) is 5.73 Å². The zero-order chi connectivity index (χ0) is 13.2. The Morgan fingerprint density at radius 2 is 2.05 bits per heavy atom. The minimum absolute atomic E-state index is 0.563. The Bertz CT molecular complexity index is 686. The first kappa shape index (κ1) is 12.7. The largest absolute Gasteiger partial charge is 0.326 e. The highest BCUT2D eigenvalue weighted by Crippen LogP contribution is 2.36. The van der Waals surface area contributed by atoms with Crippen molar-refractivity contribution in [3.05, 3.63) is 53.6 Å². The topological polar surface area (TPSA) is 38.9 Å². The van der Waals surface area contributed by atoms with Crippen molar-refractivity contribution in [1.82, 2.24) is 4.98 Å². The van der Waals surface area contributed by atoms with Crippen LogP contribution >= 0.6 is 23.1 Å². The van der Waals surface area contributed by atoms with E-state index in [1.54, 1.807) is 23.1 Å². The molecule has 0 bridgehead atoms. The van der Waals surface area contributed by atoms with Crippen LogP contribution in [0, 0.1) is 6.92 Å². The zero-order valence-corrected chi connectivity index (χ0v) is 12.2. The third-order valence-corrected chi connectivity index (χ3v) is 5.11. The molecule has 0 aliphatic rings. The second-order valence-electron chi connectivity index (χ2n) is 4.36. The van der Waals surface area contributed by atoms with Crippen LogP contribution in [0.3, 0.4) is 0 Å². The van der Waals surface area contributed by atoms with Crippen LogP contribution in [-0.4, -0.2) is 4.98 Å². The van der Waals surface area contributed by atoms with Gasteiger partial charge in [-0.05, 0) is 36.2 Å². The number of aryl methyl sites for hydroxylation is 1. The van der Waals surface area contributed by atoms with Gasteiger partial charge in [-0.3, -0.25) is 0 Å². The van der Waals surface area contributed by atoms with Crippen molar-refractivity contribution in [3.63, 3.8) is 0 Å². The number of hydrogen-bond donors (Lipinski definition) is 1. The first-order valence-corrected chi connectivity index (χ1v) is 7.72. The summed E-state index contributed by atoms with van der Waals surface area (Å²) in [5.74, 6) is 0. The monoisotopic (exact) mass is 286 g/mol. The molecule has 96 valence electrons. The standard InChI is InChI=1S/C15H14N2S2/c1-10-6-7-11(9-16)14(8-10)19-15-17-12-4-2-3-5-13(12)18-15/h2-8H,9,16H2,1H3. The van der Waals surface area contributed by atoms with Crippen LogP contribution in [0.15, 0.2) is 51.7 Å². The number of para-hydroxylation sites is 1. The lowest BCUT2D eigenvalue weighted by atomic mass is 10.1. The zero-order valence-electron chi connectivity index (χ0n) is 10.6. The number of nitrogens with two attached hydrogens (primary N) is 1. The molecule has 0 amide bonds. The maximum absolute atomic E-state index is 5.80. The Labute approximate surface area is 120 Å². The lowest BCUT2D eigenvalue weighted by molar-refractivity contribution is 1.02. The van der Waals surface area contributed by atoms with Crippen LogP contribution in [0.5, 0.6) is 0 Å². The summed E-state index contributed by atoms with van der Waals surface area (Å²) < 4.78 is 2.30. The molecule has 1 aromatic heterocycles. The van der Waals surface area contributed by atoms with Gasteiger partial charge in [-0.2, -0.15) is 0 Å². The van der Waals surface area contributed by atoms with E-state index in [4.69, 9.17) is 5.73 Å². The van der Waals surface area contributed by atoms with Crippen molar-refractivity contribution in [2.75, 3.05) is 0 Å². The molecule has 0 aliphatic heterocycles. The Hall–Kier alpha value is -1.36. The molecule has 0 saturated heterocycles. The third kappa shape index (κ3) is 2.66. The number of hydrogen-bond acceptors (Lipinski definition) is 4. The molecule has 2 aromatic carbocycles. The molecule has 0 fully saturated rings. The minimum atomic E-state index is 0.563. The number of thiazole rings is 1. The summed E-state index contributed by atoms with van der Waals surface area (Å²) in [5.41, 5.74) is 9.29. The number of rotatable bonds is 3. The van der Waals surface area contributed by atoms with Crippen molar-refractivity contribution in [1.29, 1.82) is 0 Å². The maximum Gasteiger partial charge on any atom is 0.155 e. The van der Waals surface area contributed by atoms with Crippen LogP contribution in [0.2, 0.25) is 0 Å². The first-order valence-electron chi connectivity index (χ1n) is 6.09. The van der Waals surface area contributed by atoms with E-state index in [2.05, 4.69) is 42.2 Å². The number of fused-ring (bicyclic) bond motifs is 1. The molecule has 2 N–H and O–H groups in total. The predicted octanol–water partition coefficient (Wildman–Crippen LogP) is 4.21. The van der Waals surface area contributed by atoms with E-state index >= 15 is 0 Å². The summed E-state index contributed by atoms with van der Waals surface area (Å²) in [4.78, 5) is 5.86. The fourth-order valence-corrected chi connectivity index (χ4v) is 4.18. The molecular formula is C15H14N2S2. The third-order valence-electron chi connectivity index (χ3n) is 2.91. The normalized spacial score (nSPS) is 11.1. The van der Waals surface area contributed by atoms with Gasteiger partial charge in [0.2, 0.25) is 0 Å². The van der Waals surface area contributed by atoms with Crippen molar-refractivity contribution in [2.45, 2.75) is 22.7 Å². The lowest BCUT2D eigenvalue weighted by Crippen LogP contribution is -1.98. The van der Waals surface area contributed by atoms with Gasteiger partial charge in [-0.25, -0.2) is 4.98 Å². The molecule has 0 spiro atoms. The Kier molecular flexibility index (Phi) is 3.55. The van der Waals surface area contributed by atoms with Gasteiger partial charge < -0.3 is 5.73 Å². The molecule has 0 radical (unpaired) electrons. The number of aromatic nitrogens is 1. The van der Waals surface area contributed by atoms with Gasteiger partial charge in [0.05, 0.1) is 10.2 Å². The molecule has 2 nitrogen and oxygen atoms in total. The maximum atomic E-state index is 5.80. The van der Waals surface area contributed by atoms with E-state index in [0.29, 0.717) is 6.54 Å². The van der Waals surface area contributed by atoms with E-state index in [1.165, 1.54) is 20.7 Å². The SMILES string of the molecule is Cc1ccc(CN)c(Sc2nc3ccccc3s2)c1. The number of nitrogens with zero attached hydrogens (tertiary/aromatic N) is 1. The van der Waals surface area contributed by atoms with Gasteiger partial charge in [0.1, 0.15) is 0 Å². The van der Waals surface area contributed by atoms with Crippen LogP contribution in [0.1, 0.15) is 11.1 Å². The molecule has 4 heteroatoms. The van der Waals surface area contributed by atoms with Crippen molar-refractivity contribution < 1.29 is 0 Å². The second kappa shape index (κ2) is 5.33. The highest BCUT2D eigenvalue weighted by molar-refractivity contribution is 8.01. The van der Waals surface area contributed by atoms with E-state index in [-0.39, 0.29) is 0 Å². The molecule has 3 aromatic rings. The fourth-order valence-electron chi connectivity index (χ4n) is 1.91. The van der Waals surface area contributed by atoms with Gasteiger partial charge in [0, 0.05) is 11.4 Å². The van der Waals surface area contributed by atoms with Gasteiger partial charge in [-0.1, -0.05) is 36.0 Å². The van der Waals surface area contributed by atoms with Crippen molar-refractivity contribution in [3.8, 4) is 0 Å². The summed E-state index contributed by atoms with van der Waals surface area (Å²) in [6.45, 7) is 2.66. The quantitative estimate of drug-likeness (QED) is 0.783. The smallest absolute Gasteiger partial charge is 0.155 e. The van der Waals surface area contributed by atoms with Crippen LogP contribution in [0.4, 0.5) is 0 Å². The van der Waals surface area contributed by atoms with Crippen molar-refractivity contribution >= 4 is 33.3 Å². The van der Waals surface area contributed by atoms with E-state index in [0.717, 1.165) is 9.86 Å². The van der Waals surface area contributed by atoms with E-state index in [9.17, 15) is 0 Å².